The summed E-state index contributed by atoms with van der Waals surface area (Å²) in [7, 11) is -4.24. The molecule has 0 aliphatic rings. The molecule has 0 radical (unpaired) electrons. The Labute approximate surface area is 251 Å². The number of halogens is 3. The molecule has 1 unspecified atom stereocenters. The number of amides is 2. The van der Waals surface area contributed by atoms with Crippen LogP contribution in [0.1, 0.15) is 39.7 Å². The van der Waals surface area contributed by atoms with Crippen molar-refractivity contribution in [2.45, 2.75) is 57.1 Å². The zero-order valence-electron chi connectivity index (χ0n) is 22.7. The molecule has 0 aliphatic heterocycles. The molecule has 0 aromatic heterocycles. The third-order valence-electron chi connectivity index (χ3n) is 5.94. The highest BCUT2D eigenvalue weighted by molar-refractivity contribution is 7.92. The van der Waals surface area contributed by atoms with Crippen molar-refractivity contribution in [1.82, 2.24) is 10.2 Å². The van der Waals surface area contributed by atoms with Gasteiger partial charge in [-0.05, 0) is 75.2 Å². The van der Waals surface area contributed by atoms with Crippen LogP contribution < -0.4 is 9.62 Å². The van der Waals surface area contributed by atoms with E-state index in [1.54, 1.807) is 49.4 Å². The molecule has 0 aliphatic carbocycles. The van der Waals surface area contributed by atoms with E-state index < -0.39 is 34.1 Å². The smallest absolute Gasteiger partial charge is 0.264 e. The summed E-state index contributed by atoms with van der Waals surface area (Å²) < 4.78 is 28.7. The largest absolute Gasteiger partial charge is 0.350 e. The average molecular weight is 625 g/mol. The Morgan fingerprint density at radius 1 is 0.900 bits per heavy atom. The minimum Gasteiger partial charge on any atom is -0.350 e. The molecular weight excluding hydrogens is 593 g/mol. The Hall–Kier alpha value is -2.78. The normalized spacial score (nSPS) is 12.5. The molecule has 2 amide bonds. The van der Waals surface area contributed by atoms with Crippen LogP contribution in [0.15, 0.2) is 77.7 Å². The maximum Gasteiger partial charge on any atom is 0.264 e. The molecule has 0 fully saturated rings. The summed E-state index contributed by atoms with van der Waals surface area (Å²) in [6.07, 6.45) is 0.300. The van der Waals surface area contributed by atoms with Gasteiger partial charge in [-0.15, -0.1) is 0 Å². The van der Waals surface area contributed by atoms with Crippen molar-refractivity contribution < 1.29 is 18.0 Å². The fraction of sp³-hybridized carbons (Fsp3) is 0.310. The van der Waals surface area contributed by atoms with Crippen LogP contribution in [0, 0.1) is 0 Å². The van der Waals surface area contributed by atoms with Crippen molar-refractivity contribution in [3.8, 4) is 0 Å². The molecule has 0 heterocycles. The second-order valence-corrected chi connectivity index (χ2v) is 13.4. The van der Waals surface area contributed by atoms with Gasteiger partial charge < -0.3 is 10.2 Å². The number of benzene rings is 3. The summed E-state index contributed by atoms with van der Waals surface area (Å²) in [4.78, 5) is 28.8. The highest BCUT2D eigenvalue weighted by atomic mass is 35.5. The Bertz CT molecular complexity index is 1440. The number of sulfonamides is 1. The van der Waals surface area contributed by atoms with Gasteiger partial charge in [0.1, 0.15) is 12.6 Å². The van der Waals surface area contributed by atoms with Gasteiger partial charge >= 0.3 is 0 Å². The van der Waals surface area contributed by atoms with E-state index in [1.807, 2.05) is 20.8 Å². The molecule has 11 heteroatoms. The highest BCUT2D eigenvalue weighted by Crippen LogP contribution is 2.33. The second-order valence-electron chi connectivity index (χ2n) is 10.2. The zero-order chi connectivity index (χ0) is 29.7. The lowest BCUT2D eigenvalue weighted by atomic mass is 10.1. The minimum absolute atomic E-state index is 0.0180. The van der Waals surface area contributed by atoms with Crippen LogP contribution >= 0.6 is 34.8 Å². The molecule has 0 bridgehead atoms. The van der Waals surface area contributed by atoms with Crippen LogP contribution in [-0.2, 0) is 26.2 Å². The number of hydrogen-bond donors (Lipinski definition) is 1. The van der Waals surface area contributed by atoms with E-state index in [9.17, 15) is 18.0 Å². The van der Waals surface area contributed by atoms with Crippen molar-refractivity contribution in [2.24, 2.45) is 0 Å². The first-order valence-corrected chi connectivity index (χ1v) is 15.2. The number of anilines is 1. The van der Waals surface area contributed by atoms with E-state index in [0.717, 1.165) is 9.87 Å². The molecule has 1 N–H and O–H groups in total. The fourth-order valence-electron chi connectivity index (χ4n) is 4.08. The molecular formula is C29H32Cl3N3O4S. The van der Waals surface area contributed by atoms with Crippen molar-refractivity contribution in [1.29, 1.82) is 0 Å². The first-order valence-electron chi connectivity index (χ1n) is 12.6. The molecule has 1 atom stereocenters. The number of rotatable bonds is 10. The predicted octanol–water partition coefficient (Wildman–Crippen LogP) is 6.56. The van der Waals surface area contributed by atoms with Gasteiger partial charge in [0.15, 0.2) is 0 Å². The molecule has 0 saturated carbocycles. The van der Waals surface area contributed by atoms with Gasteiger partial charge in [-0.2, -0.15) is 0 Å². The third-order valence-corrected chi connectivity index (χ3v) is 8.50. The van der Waals surface area contributed by atoms with Gasteiger partial charge in [0.2, 0.25) is 11.8 Å². The van der Waals surface area contributed by atoms with Crippen LogP contribution in [0.5, 0.6) is 0 Å². The first kappa shape index (κ1) is 31.7. The number of hydrogen-bond acceptors (Lipinski definition) is 4. The number of nitrogens with zero attached hydrogens (tertiary/aromatic N) is 2. The van der Waals surface area contributed by atoms with Gasteiger partial charge in [0.25, 0.3) is 10.0 Å². The third kappa shape index (κ3) is 8.13. The summed E-state index contributed by atoms with van der Waals surface area (Å²) in [5.74, 6) is -0.935. The molecule has 3 aromatic carbocycles. The molecule has 3 aromatic rings. The SMILES string of the molecule is CCC(C(=O)NC(C)(C)C)N(Cc1ccc(Cl)cc1)C(=O)CN(c1ccc(Cl)cc1Cl)S(=O)(=O)c1ccccc1. The summed E-state index contributed by atoms with van der Waals surface area (Å²) >= 11 is 18.6. The summed E-state index contributed by atoms with van der Waals surface area (Å²) in [5, 5.41) is 3.83. The Kier molecular flexibility index (Phi) is 10.5. The lowest BCUT2D eigenvalue weighted by Gasteiger charge is -2.35. The number of carbonyl (C=O) groups is 2. The Balaban J connectivity index is 2.09. The summed E-state index contributed by atoms with van der Waals surface area (Å²) in [6.45, 7) is 6.79. The van der Waals surface area contributed by atoms with E-state index in [-0.39, 0.29) is 28.1 Å². The van der Waals surface area contributed by atoms with Crippen molar-refractivity contribution >= 4 is 62.3 Å². The van der Waals surface area contributed by atoms with Gasteiger partial charge in [0, 0.05) is 22.1 Å². The van der Waals surface area contributed by atoms with Crippen LogP contribution in [-0.4, -0.2) is 43.3 Å². The molecule has 0 saturated heterocycles. The summed E-state index contributed by atoms with van der Waals surface area (Å²) in [6, 6.07) is 18.1. The molecule has 214 valence electrons. The van der Waals surface area contributed by atoms with Gasteiger partial charge in [0.05, 0.1) is 15.6 Å². The average Bonchev–Trinajstić information content (AvgIpc) is 2.88. The highest BCUT2D eigenvalue weighted by Gasteiger charge is 2.35. The van der Waals surface area contributed by atoms with E-state index in [2.05, 4.69) is 5.32 Å². The van der Waals surface area contributed by atoms with Crippen molar-refractivity contribution in [3.63, 3.8) is 0 Å². The minimum atomic E-state index is -4.24. The maximum atomic E-state index is 14.1. The molecule has 3 rings (SSSR count). The second kappa shape index (κ2) is 13.3. The van der Waals surface area contributed by atoms with Crippen LogP contribution in [0.2, 0.25) is 15.1 Å². The van der Waals surface area contributed by atoms with E-state index in [4.69, 9.17) is 34.8 Å². The Morgan fingerprint density at radius 3 is 2.05 bits per heavy atom. The van der Waals surface area contributed by atoms with Gasteiger partial charge in [-0.25, -0.2) is 8.42 Å². The molecule has 40 heavy (non-hydrogen) atoms. The topological polar surface area (TPSA) is 86.8 Å². The van der Waals surface area contributed by atoms with Crippen LogP contribution in [0.4, 0.5) is 5.69 Å². The van der Waals surface area contributed by atoms with E-state index in [1.165, 1.54) is 35.2 Å². The van der Waals surface area contributed by atoms with Gasteiger partial charge in [-0.3, -0.25) is 13.9 Å². The number of carbonyl (C=O) groups excluding carboxylic acids is 2. The molecule has 7 nitrogen and oxygen atoms in total. The quantitative estimate of drug-likeness (QED) is 0.277. The summed E-state index contributed by atoms with van der Waals surface area (Å²) in [5.41, 5.74) is 0.266. The van der Waals surface area contributed by atoms with Crippen LogP contribution in [0.25, 0.3) is 0 Å². The molecule has 0 spiro atoms. The zero-order valence-corrected chi connectivity index (χ0v) is 25.8. The van der Waals surface area contributed by atoms with Crippen molar-refractivity contribution in [3.05, 3.63) is 93.4 Å². The maximum absolute atomic E-state index is 14.1. The van der Waals surface area contributed by atoms with E-state index >= 15 is 0 Å². The first-order chi connectivity index (χ1) is 18.7. The van der Waals surface area contributed by atoms with Crippen molar-refractivity contribution in [2.75, 3.05) is 10.8 Å². The predicted molar refractivity (Wildman–Crippen MR) is 161 cm³/mol. The standard InChI is InChI=1S/C29H32Cl3N3O4S/c1-5-25(28(37)33-29(2,3)4)34(18-20-11-13-21(30)14-12-20)27(36)19-35(26-16-15-22(31)17-24(26)32)40(38,39)23-9-7-6-8-10-23/h6-17,25H,5,18-19H2,1-4H3,(H,33,37). The lowest BCUT2D eigenvalue weighted by Crippen LogP contribution is -2.55. The fourth-order valence-corrected chi connectivity index (χ4v) is 6.22. The van der Waals surface area contributed by atoms with Crippen LogP contribution in [0.3, 0.4) is 0 Å². The Morgan fingerprint density at radius 2 is 1.50 bits per heavy atom. The van der Waals surface area contributed by atoms with Gasteiger partial charge in [-0.1, -0.05) is 72.1 Å². The van der Waals surface area contributed by atoms with E-state index in [0.29, 0.717) is 16.5 Å². The lowest BCUT2D eigenvalue weighted by molar-refractivity contribution is -0.141. The monoisotopic (exact) mass is 623 g/mol. The number of nitrogens with one attached hydrogen (secondary N) is 1.